The molecular weight excluding hydrogens is 424 g/mol. The standard InChI is InChI=1S/C21H34N2O9/c24-13-4-5-16(11-14-25)15-31-21(30)22-12-2-1-6-17(26)7-3-8-20(29)32-23-18(27)9-10-19(23)28/h16,24-25H,1-15H2,(H,22,30). The molecule has 0 aromatic heterocycles. The number of carbonyl (C=O) groups excluding carboxylic acids is 5. The van der Waals surface area contributed by atoms with Crippen LogP contribution in [0.5, 0.6) is 0 Å². The number of nitrogens with zero attached hydrogens (tertiary/aromatic N) is 1. The van der Waals surface area contributed by atoms with Gasteiger partial charge in [-0.1, -0.05) is 0 Å². The molecule has 1 atom stereocenters. The minimum absolute atomic E-state index is 0.00383. The topological polar surface area (TPSA) is 160 Å². The van der Waals surface area contributed by atoms with Crippen molar-refractivity contribution in [1.82, 2.24) is 10.4 Å². The van der Waals surface area contributed by atoms with E-state index >= 15 is 0 Å². The van der Waals surface area contributed by atoms with Crippen LogP contribution in [-0.4, -0.2) is 71.3 Å². The van der Waals surface area contributed by atoms with Crippen LogP contribution in [0, 0.1) is 5.92 Å². The molecule has 182 valence electrons. The van der Waals surface area contributed by atoms with Crippen LogP contribution in [0.15, 0.2) is 0 Å². The molecule has 1 saturated heterocycles. The summed E-state index contributed by atoms with van der Waals surface area (Å²) in [5, 5.41) is 21.0. The summed E-state index contributed by atoms with van der Waals surface area (Å²) < 4.78 is 5.12. The van der Waals surface area contributed by atoms with Crippen molar-refractivity contribution in [2.24, 2.45) is 5.92 Å². The molecular formula is C21H34N2O9. The van der Waals surface area contributed by atoms with Crippen molar-refractivity contribution in [3.63, 3.8) is 0 Å². The van der Waals surface area contributed by atoms with Gasteiger partial charge in [-0.3, -0.25) is 14.4 Å². The molecule has 3 N–H and O–H groups in total. The first-order valence-corrected chi connectivity index (χ1v) is 11.1. The maximum Gasteiger partial charge on any atom is 0.407 e. The predicted octanol–water partition coefficient (Wildman–Crippen LogP) is 1.00. The zero-order chi connectivity index (χ0) is 23.8. The van der Waals surface area contributed by atoms with E-state index in [0.717, 1.165) is 0 Å². The molecule has 32 heavy (non-hydrogen) atoms. The smallest absolute Gasteiger partial charge is 0.407 e. The Hall–Kier alpha value is -2.53. The average Bonchev–Trinajstić information content (AvgIpc) is 3.07. The Bertz CT molecular complexity index is 623. The molecule has 11 heteroatoms. The summed E-state index contributed by atoms with van der Waals surface area (Å²) in [5.41, 5.74) is 0. The number of aliphatic hydroxyl groups excluding tert-OH is 2. The summed E-state index contributed by atoms with van der Waals surface area (Å²) >= 11 is 0. The van der Waals surface area contributed by atoms with Crippen LogP contribution < -0.4 is 5.32 Å². The van der Waals surface area contributed by atoms with E-state index in [1.54, 1.807) is 0 Å². The van der Waals surface area contributed by atoms with Crippen molar-refractivity contribution in [2.45, 2.75) is 70.6 Å². The number of hydroxylamine groups is 2. The molecule has 1 aliphatic rings. The van der Waals surface area contributed by atoms with Crippen molar-refractivity contribution in [3.8, 4) is 0 Å². The van der Waals surface area contributed by atoms with E-state index in [9.17, 15) is 24.0 Å². The van der Waals surface area contributed by atoms with Crippen LogP contribution >= 0.6 is 0 Å². The Morgan fingerprint density at radius 3 is 2.25 bits per heavy atom. The lowest BCUT2D eigenvalue weighted by Crippen LogP contribution is -2.32. The largest absolute Gasteiger partial charge is 0.449 e. The number of hydrogen-bond donors (Lipinski definition) is 3. The van der Waals surface area contributed by atoms with Crippen LogP contribution in [-0.2, 0) is 28.8 Å². The molecule has 0 aliphatic carbocycles. The number of rotatable bonds is 17. The van der Waals surface area contributed by atoms with Crippen LogP contribution in [0.2, 0.25) is 0 Å². The summed E-state index contributed by atoms with van der Waals surface area (Å²) in [6.07, 6.45) is 3.13. The zero-order valence-corrected chi connectivity index (χ0v) is 18.4. The molecule has 0 aromatic rings. The number of alkyl carbamates (subject to hydrolysis) is 1. The molecule has 0 radical (unpaired) electrons. The van der Waals surface area contributed by atoms with Crippen molar-refractivity contribution in [2.75, 3.05) is 26.4 Å². The van der Waals surface area contributed by atoms with Crippen molar-refractivity contribution < 1.29 is 43.8 Å². The summed E-state index contributed by atoms with van der Waals surface area (Å²) in [7, 11) is 0. The Morgan fingerprint density at radius 1 is 0.906 bits per heavy atom. The van der Waals surface area contributed by atoms with Gasteiger partial charge in [0, 0.05) is 51.9 Å². The summed E-state index contributed by atoms with van der Waals surface area (Å²) in [6, 6.07) is 0. The number of nitrogens with one attached hydrogen (secondary N) is 1. The second-order valence-electron chi connectivity index (χ2n) is 7.66. The van der Waals surface area contributed by atoms with E-state index in [2.05, 4.69) is 5.32 Å². The first kappa shape index (κ1) is 27.5. The molecule has 0 bridgehead atoms. The van der Waals surface area contributed by atoms with Gasteiger partial charge in [-0.25, -0.2) is 9.59 Å². The second kappa shape index (κ2) is 16.2. The van der Waals surface area contributed by atoms with Gasteiger partial charge < -0.3 is 25.1 Å². The lowest BCUT2D eigenvalue weighted by atomic mass is 10.0. The number of imide groups is 1. The quantitative estimate of drug-likeness (QED) is 0.213. The summed E-state index contributed by atoms with van der Waals surface area (Å²) in [5.74, 6) is -1.82. The first-order valence-electron chi connectivity index (χ1n) is 11.1. The Morgan fingerprint density at radius 2 is 1.59 bits per heavy atom. The molecule has 0 spiro atoms. The van der Waals surface area contributed by atoms with Crippen LogP contribution in [0.1, 0.15) is 70.6 Å². The monoisotopic (exact) mass is 458 g/mol. The molecule has 1 aliphatic heterocycles. The van der Waals surface area contributed by atoms with Gasteiger partial charge in [-0.15, -0.1) is 5.06 Å². The maximum atomic E-state index is 11.9. The fourth-order valence-electron chi connectivity index (χ4n) is 3.12. The summed E-state index contributed by atoms with van der Waals surface area (Å²) in [4.78, 5) is 62.7. The highest BCUT2D eigenvalue weighted by atomic mass is 16.7. The minimum atomic E-state index is -0.721. The van der Waals surface area contributed by atoms with E-state index in [1.165, 1.54) is 0 Å². The van der Waals surface area contributed by atoms with Gasteiger partial charge in [0.25, 0.3) is 11.8 Å². The van der Waals surface area contributed by atoms with Gasteiger partial charge in [0.15, 0.2) is 0 Å². The van der Waals surface area contributed by atoms with Crippen molar-refractivity contribution in [1.29, 1.82) is 0 Å². The number of ether oxygens (including phenoxy) is 1. The molecule has 0 saturated carbocycles. The Labute approximate surface area is 187 Å². The molecule has 1 heterocycles. The normalized spacial score (nSPS) is 14.4. The van der Waals surface area contributed by atoms with Crippen molar-refractivity contribution >= 4 is 29.7 Å². The first-order chi connectivity index (χ1) is 15.4. The maximum absolute atomic E-state index is 11.9. The van der Waals surface area contributed by atoms with Gasteiger partial charge in [-0.2, -0.15) is 0 Å². The Balaban J connectivity index is 2.04. The highest BCUT2D eigenvalue weighted by Crippen LogP contribution is 2.14. The van der Waals surface area contributed by atoms with E-state index in [-0.39, 0.29) is 63.6 Å². The fraction of sp³-hybridized carbons (Fsp3) is 0.762. The molecule has 0 aromatic carbocycles. The van der Waals surface area contributed by atoms with E-state index in [1.807, 2.05) is 0 Å². The highest BCUT2D eigenvalue weighted by Gasteiger charge is 2.32. The van der Waals surface area contributed by atoms with E-state index < -0.39 is 23.9 Å². The average molecular weight is 459 g/mol. The number of carbonyl (C=O) groups is 5. The molecule has 11 nitrogen and oxygen atoms in total. The third-order valence-electron chi connectivity index (χ3n) is 4.95. The summed E-state index contributed by atoms with van der Waals surface area (Å²) in [6.45, 7) is 0.580. The fourth-order valence-corrected chi connectivity index (χ4v) is 3.12. The molecule has 1 fully saturated rings. The second-order valence-corrected chi connectivity index (χ2v) is 7.66. The minimum Gasteiger partial charge on any atom is -0.449 e. The number of Topliss-reactive ketones (excluding diaryl/α,β-unsaturated/α-hetero) is 1. The molecule has 1 rings (SSSR count). The predicted molar refractivity (Wildman–Crippen MR) is 111 cm³/mol. The van der Waals surface area contributed by atoms with E-state index in [4.69, 9.17) is 19.8 Å². The zero-order valence-electron chi connectivity index (χ0n) is 18.4. The van der Waals surface area contributed by atoms with E-state index in [0.29, 0.717) is 50.1 Å². The van der Waals surface area contributed by atoms with Gasteiger partial charge in [0.1, 0.15) is 5.78 Å². The number of amides is 3. The number of hydrogen-bond acceptors (Lipinski definition) is 9. The number of ketones is 1. The highest BCUT2D eigenvalue weighted by molar-refractivity contribution is 6.01. The lowest BCUT2D eigenvalue weighted by Gasteiger charge is -2.15. The lowest BCUT2D eigenvalue weighted by molar-refractivity contribution is -0.197. The van der Waals surface area contributed by atoms with Gasteiger partial charge >= 0.3 is 12.1 Å². The third-order valence-corrected chi connectivity index (χ3v) is 4.95. The Kier molecular flexibility index (Phi) is 13.9. The van der Waals surface area contributed by atoms with Crippen LogP contribution in [0.3, 0.4) is 0 Å². The number of aliphatic hydroxyl groups is 2. The molecule has 3 amide bonds. The SMILES string of the molecule is O=C(CCCCNC(=O)OCC(CCO)CCCO)CCCC(=O)ON1C(=O)CCC1=O. The van der Waals surface area contributed by atoms with Gasteiger partial charge in [0.2, 0.25) is 0 Å². The van der Waals surface area contributed by atoms with Gasteiger partial charge in [-0.05, 0) is 44.4 Å². The van der Waals surface area contributed by atoms with Crippen LogP contribution in [0.4, 0.5) is 4.79 Å². The number of unbranched alkanes of at least 4 members (excludes halogenated alkanes) is 1. The van der Waals surface area contributed by atoms with Crippen LogP contribution in [0.25, 0.3) is 0 Å². The third kappa shape index (κ3) is 11.8. The van der Waals surface area contributed by atoms with Gasteiger partial charge in [0.05, 0.1) is 6.61 Å². The van der Waals surface area contributed by atoms with Crippen molar-refractivity contribution in [3.05, 3.63) is 0 Å². The molecule has 1 unspecified atom stereocenters.